The van der Waals surface area contributed by atoms with Crippen molar-refractivity contribution in [1.82, 2.24) is 0 Å². The second kappa shape index (κ2) is 5.14. The first-order valence-corrected chi connectivity index (χ1v) is 6.74. The minimum atomic E-state index is -0.347. The fraction of sp³-hybridized carbons (Fsp3) is 0.500. The van der Waals surface area contributed by atoms with E-state index in [-0.39, 0.29) is 17.1 Å². The second-order valence-corrected chi connectivity index (χ2v) is 5.37. The summed E-state index contributed by atoms with van der Waals surface area (Å²) in [5.41, 5.74) is 6.63. The van der Waals surface area contributed by atoms with Crippen LogP contribution < -0.4 is 15.8 Å². The molecule has 1 aromatic rings. The van der Waals surface area contributed by atoms with Crippen molar-refractivity contribution in [2.75, 3.05) is 30.5 Å². The van der Waals surface area contributed by atoms with Crippen LogP contribution in [0.1, 0.15) is 6.42 Å². The third kappa shape index (κ3) is 2.66. The molecule has 1 aliphatic heterocycles. The first-order chi connectivity index (χ1) is 8.19. The van der Waals surface area contributed by atoms with Gasteiger partial charge in [0.2, 0.25) is 0 Å². The Morgan fingerprint density at radius 1 is 1.59 bits per heavy atom. The van der Waals surface area contributed by atoms with Crippen LogP contribution in [0.3, 0.4) is 0 Å². The third-order valence-electron chi connectivity index (χ3n) is 3.05. The van der Waals surface area contributed by atoms with Gasteiger partial charge in [0.05, 0.1) is 12.6 Å². The van der Waals surface area contributed by atoms with Crippen LogP contribution in [0.25, 0.3) is 0 Å². The van der Waals surface area contributed by atoms with Crippen molar-refractivity contribution in [3.8, 4) is 5.75 Å². The third-order valence-corrected chi connectivity index (χ3v) is 4.30. The highest BCUT2D eigenvalue weighted by Crippen LogP contribution is 2.32. The lowest BCUT2D eigenvalue weighted by molar-refractivity contribution is 0.386. The van der Waals surface area contributed by atoms with Crippen molar-refractivity contribution >= 4 is 17.4 Å². The van der Waals surface area contributed by atoms with Crippen LogP contribution in [0, 0.1) is 5.82 Å². The number of nitrogens with two attached hydrogens (primary N) is 1. The van der Waals surface area contributed by atoms with Crippen molar-refractivity contribution in [1.29, 1.82) is 0 Å². The van der Waals surface area contributed by atoms with Crippen LogP contribution in [0.5, 0.6) is 5.75 Å². The topological polar surface area (TPSA) is 47.3 Å². The maximum atomic E-state index is 13.3. The van der Waals surface area contributed by atoms with Gasteiger partial charge in [-0.15, -0.1) is 0 Å². The summed E-state index contributed by atoms with van der Waals surface area (Å²) < 4.78 is 18.2. The molecule has 1 heterocycles. The van der Waals surface area contributed by atoms with E-state index in [1.54, 1.807) is 12.1 Å². The zero-order chi connectivity index (χ0) is 12.3. The molecule has 0 aliphatic carbocycles. The van der Waals surface area contributed by atoms with Gasteiger partial charge in [-0.2, -0.15) is 11.8 Å². The van der Waals surface area contributed by atoms with E-state index in [1.807, 2.05) is 11.8 Å². The number of anilines is 1. The number of halogens is 1. The van der Waals surface area contributed by atoms with Crippen LogP contribution in [-0.2, 0) is 0 Å². The largest absolute Gasteiger partial charge is 0.494 e. The van der Waals surface area contributed by atoms with Gasteiger partial charge in [-0.25, -0.2) is 4.39 Å². The molecule has 0 amide bonds. The van der Waals surface area contributed by atoms with Crippen LogP contribution in [0.2, 0.25) is 0 Å². The van der Waals surface area contributed by atoms with Gasteiger partial charge in [0.25, 0.3) is 0 Å². The molecule has 0 bridgehead atoms. The van der Waals surface area contributed by atoms with Crippen LogP contribution >= 0.6 is 11.8 Å². The maximum Gasteiger partial charge on any atom is 0.165 e. The van der Waals surface area contributed by atoms with Gasteiger partial charge < -0.3 is 15.8 Å². The molecule has 1 aliphatic rings. The van der Waals surface area contributed by atoms with Crippen LogP contribution in [0.15, 0.2) is 18.2 Å². The molecule has 2 rings (SSSR count). The van der Waals surface area contributed by atoms with Crippen LogP contribution in [-0.4, -0.2) is 30.7 Å². The molecular weight excluding hydrogens is 239 g/mol. The summed E-state index contributed by atoms with van der Waals surface area (Å²) >= 11 is 1.89. The predicted molar refractivity (Wildman–Crippen MR) is 70.3 cm³/mol. The molecule has 0 spiro atoms. The number of hydrogen-bond donors (Lipinski definition) is 2. The van der Waals surface area contributed by atoms with Gasteiger partial charge in [0, 0.05) is 24.1 Å². The normalized spacial score (nSPS) is 23.7. The predicted octanol–water partition coefficient (Wildman–Crippen LogP) is 2.08. The molecular formula is C12H17FN2OS. The monoisotopic (exact) mass is 256 g/mol. The minimum absolute atomic E-state index is 0.0620. The SMILES string of the molecule is COc1cc(NC2(CN)CCSC2)ccc1F. The quantitative estimate of drug-likeness (QED) is 0.866. The second-order valence-electron chi connectivity index (χ2n) is 4.26. The van der Waals surface area contributed by atoms with Gasteiger partial charge in [-0.3, -0.25) is 0 Å². The fourth-order valence-corrected chi connectivity index (χ4v) is 3.37. The lowest BCUT2D eigenvalue weighted by Crippen LogP contribution is -2.45. The summed E-state index contributed by atoms with van der Waals surface area (Å²) in [5, 5.41) is 3.41. The lowest BCUT2D eigenvalue weighted by Gasteiger charge is -2.29. The Kier molecular flexibility index (Phi) is 3.79. The molecule has 1 atom stereocenters. The van der Waals surface area contributed by atoms with E-state index in [0.29, 0.717) is 6.54 Å². The van der Waals surface area contributed by atoms with E-state index in [9.17, 15) is 4.39 Å². The number of thioether (sulfide) groups is 1. The average Bonchev–Trinajstić information content (AvgIpc) is 2.81. The molecule has 5 heteroatoms. The molecule has 0 radical (unpaired) electrons. The summed E-state index contributed by atoms with van der Waals surface area (Å²) in [7, 11) is 1.46. The summed E-state index contributed by atoms with van der Waals surface area (Å²) in [6.45, 7) is 0.583. The molecule has 1 saturated heterocycles. The molecule has 0 saturated carbocycles. The first kappa shape index (κ1) is 12.5. The highest BCUT2D eigenvalue weighted by Gasteiger charge is 2.32. The highest BCUT2D eigenvalue weighted by molar-refractivity contribution is 7.99. The zero-order valence-electron chi connectivity index (χ0n) is 9.83. The van der Waals surface area contributed by atoms with Crippen molar-refractivity contribution < 1.29 is 9.13 Å². The number of methoxy groups -OCH3 is 1. The van der Waals surface area contributed by atoms with E-state index in [2.05, 4.69) is 5.32 Å². The Bertz CT molecular complexity index is 394. The Morgan fingerprint density at radius 2 is 2.41 bits per heavy atom. The Morgan fingerprint density at radius 3 is 3.00 bits per heavy atom. The summed E-state index contributed by atoms with van der Waals surface area (Å²) in [6, 6.07) is 4.81. The van der Waals surface area contributed by atoms with E-state index < -0.39 is 0 Å². The molecule has 1 fully saturated rings. The van der Waals surface area contributed by atoms with Gasteiger partial charge in [0.15, 0.2) is 11.6 Å². The van der Waals surface area contributed by atoms with Gasteiger partial charge in [-0.1, -0.05) is 0 Å². The molecule has 1 aromatic carbocycles. The molecule has 0 aromatic heterocycles. The Balaban J connectivity index is 2.17. The maximum absolute atomic E-state index is 13.3. The van der Waals surface area contributed by atoms with Crippen LogP contribution in [0.4, 0.5) is 10.1 Å². The minimum Gasteiger partial charge on any atom is -0.494 e. The van der Waals surface area contributed by atoms with Crippen molar-refractivity contribution in [3.63, 3.8) is 0 Å². The van der Waals surface area contributed by atoms with Crippen molar-refractivity contribution in [2.24, 2.45) is 5.73 Å². The smallest absolute Gasteiger partial charge is 0.165 e. The number of rotatable bonds is 4. The van der Waals surface area contributed by atoms with Crippen molar-refractivity contribution in [2.45, 2.75) is 12.0 Å². The number of ether oxygens (including phenoxy) is 1. The first-order valence-electron chi connectivity index (χ1n) is 5.59. The summed E-state index contributed by atoms with van der Waals surface area (Å²) in [6.07, 6.45) is 1.04. The lowest BCUT2D eigenvalue weighted by atomic mass is 9.98. The van der Waals surface area contributed by atoms with Gasteiger partial charge in [-0.05, 0) is 24.3 Å². The molecule has 3 nitrogen and oxygen atoms in total. The number of benzene rings is 1. The molecule has 1 unspecified atom stereocenters. The summed E-state index contributed by atoms with van der Waals surface area (Å²) in [4.78, 5) is 0. The summed E-state index contributed by atoms with van der Waals surface area (Å²) in [5.74, 6) is 2.01. The van der Waals surface area contributed by atoms with E-state index in [1.165, 1.54) is 13.2 Å². The average molecular weight is 256 g/mol. The number of hydrogen-bond acceptors (Lipinski definition) is 4. The number of nitrogens with one attached hydrogen (secondary N) is 1. The van der Waals surface area contributed by atoms with Crippen molar-refractivity contribution in [3.05, 3.63) is 24.0 Å². The van der Waals surface area contributed by atoms with Gasteiger partial charge >= 0.3 is 0 Å². The molecule has 94 valence electrons. The standard InChI is InChI=1S/C12H17FN2OS/c1-16-11-6-9(2-3-10(11)13)15-12(7-14)4-5-17-8-12/h2-3,6,15H,4-5,7-8,14H2,1H3. The molecule has 3 N–H and O–H groups in total. The zero-order valence-corrected chi connectivity index (χ0v) is 10.6. The molecule has 17 heavy (non-hydrogen) atoms. The Hall–Kier alpha value is -0.940. The highest BCUT2D eigenvalue weighted by atomic mass is 32.2. The van der Waals surface area contributed by atoms with E-state index >= 15 is 0 Å². The van der Waals surface area contributed by atoms with Gasteiger partial charge in [0.1, 0.15) is 0 Å². The van der Waals surface area contributed by atoms with E-state index in [0.717, 1.165) is 23.6 Å². The fourth-order valence-electron chi connectivity index (χ4n) is 1.96. The van der Waals surface area contributed by atoms with E-state index in [4.69, 9.17) is 10.5 Å². The Labute approximate surface area is 105 Å².